The van der Waals surface area contributed by atoms with Gasteiger partial charge < -0.3 is 9.30 Å². The van der Waals surface area contributed by atoms with Gasteiger partial charge in [0.2, 0.25) is 10.0 Å². The van der Waals surface area contributed by atoms with Crippen LogP contribution in [0.4, 0.5) is 0 Å². The Morgan fingerprint density at radius 1 is 1.20 bits per heavy atom. The van der Waals surface area contributed by atoms with Gasteiger partial charge in [-0.1, -0.05) is 17.7 Å². The average Bonchev–Trinajstić information content (AvgIpc) is 2.55. The number of nitrogens with one attached hydrogen (secondary N) is 1. The highest BCUT2D eigenvalue weighted by atomic mass is 32.2. The predicted molar refractivity (Wildman–Crippen MR) is 93.4 cm³/mol. The van der Waals surface area contributed by atoms with E-state index in [4.69, 9.17) is 4.74 Å². The minimum absolute atomic E-state index is 0.490. The van der Waals surface area contributed by atoms with Gasteiger partial charge in [0.25, 0.3) is 5.56 Å². The lowest BCUT2D eigenvalue weighted by Crippen LogP contribution is -2.41. The monoisotopic (exact) mass is 367 g/mol. The molecule has 136 valence electrons. The summed E-state index contributed by atoms with van der Waals surface area (Å²) in [4.78, 5) is 23.4. The Bertz CT molecular complexity index is 1020. The summed E-state index contributed by atoms with van der Waals surface area (Å²) in [5, 5.41) is 0. The first kappa shape index (κ1) is 18.9. The molecule has 0 unspecified atom stereocenters. The summed E-state index contributed by atoms with van der Waals surface area (Å²) in [7, 11) is -0.0228. The van der Waals surface area contributed by atoms with E-state index in [0.29, 0.717) is 11.3 Å². The number of aryl methyl sites for hydroxylation is 2. The van der Waals surface area contributed by atoms with Crippen molar-refractivity contribution in [2.24, 2.45) is 14.1 Å². The van der Waals surface area contributed by atoms with Gasteiger partial charge in [-0.05, 0) is 19.9 Å². The predicted octanol–water partition coefficient (Wildman–Crippen LogP) is 0.441. The number of benzene rings is 1. The van der Waals surface area contributed by atoms with Crippen molar-refractivity contribution in [1.29, 1.82) is 0 Å². The largest absolute Gasteiger partial charge is 0.496 e. The molecule has 8 nitrogen and oxygen atoms in total. The molecule has 0 aliphatic rings. The Hall–Kier alpha value is -2.39. The molecule has 2 aromatic rings. The summed E-state index contributed by atoms with van der Waals surface area (Å²) >= 11 is 0. The van der Waals surface area contributed by atoms with Crippen LogP contribution < -0.4 is 20.7 Å². The van der Waals surface area contributed by atoms with Crippen LogP contribution in [-0.2, 0) is 24.1 Å². The molecule has 0 aliphatic heterocycles. The van der Waals surface area contributed by atoms with Crippen molar-refractivity contribution < 1.29 is 13.2 Å². The summed E-state index contributed by atoms with van der Waals surface area (Å²) in [5.41, 5.74) is 0.115. The van der Waals surface area contributed by atoms with Crippen LogP contribution in [-0.4, -0.2) is 24.7 Å². The van der Waals surface area contributed by atoms with Crippen molar-refractivity contribution in [1.82, 2.24) is 13.9 Å². The van der Waals surface area contributed by atoms with E-state index >= 15 is 0 Å². The van der Waals surface area contributed by atoms with Crippen LogP contribution in [0.3, 0.4) is 0 Å². The molecular formula is C16H21N3O5S. The van der Waals surface area contributed by atoms with Gasteiger partial charge in [0.05, 0.1) is 7.11 Å². The fourth-order valence-electron chi connectivity index (χ4n) is 2.51. The van der Waals surface area contributed by atoms with E-state index in [1.165, 1.54) is 21.2 Å². The van der Waals surface area contributed by atoms with Crippen LogP contribution in [0, 0.1) is 6.92 Å². The quantitative estimate of drug-likeness (QED) is 0.827. The number of rotatable bonds is 5. The van der Waals surface area contributed by atoms with Crippen molar-refractivity contribution in [2.45, 2.75) is 24.8 Å². The highest BCUT2D eigenvalue weighted by Crippen LogP contribution is 2.27. The fourth-order valence-corrected chi connectivity index (χ4v) is 3.89. The maximum atomic E-state index is 12.7. The molecule has 1 N–H and O–H groups in total. The van der Waals surface area contributed by atoms with Crippen LogP contribution in [0.5, 0.6) is 5.75 Å². The molecule has 9 heteroatoms. The van der Waals surface area contributed by atoms with Gasteiger partial charge in [0.1, 0.15) is 5.75 Å². The Morgan fingerprint density at radius 3 is 2.44 bits per heavy atom. The molecule has 1 atom stereocenters. The van der Waals surface area contributed by atoms with E-state index < -0.39 is 32.2 Å². The molecule has 0 fully saturated rings. The highest BCUT2D eigenvalue weighted by Gasteiger charge is 2.25. The number of aromatic nitrogens is 2. The second-order valence-corrected chi connectivity index (χ2v) is 7.52. The van der Waals surface area contributed by atoms with E-state index in [0.717, 1.165) is 20.9 Å². The van der Waals surface area contributed by atoms with Crippen LogP contribution >= 0.6 is 0 Å². The third-order valence-electron chi connectivity index (χ3n) is 3.89. The molecule has 1 aromatic heterocycles. The van der Waals surface area contributed by atoms with E-state index in [-0.39, 0.29) is 0 Å². The fraction of sp³-hybridized carbons (Fsp3) is 0.375. The van der Waals surface area contributed by atoms with E-state index in [2.05, 4.69) is 4.72 Å². The summed E-state index contributed by atoms with van der Waals surface area (Å²) in [6, 6.07) is 4.78. The molecule has 0 aliphatic carbocycles. The minimum atomic E-state index is -4.14. The van der Waals surface area contributed by atoms with Crippen molar-refractivity contribution in [3.05, 3.63) is 56.4 Å². The molecule has 1 aromatic carbocycles. The van der Waals surface area contributed by atoms with Crippen LogP contribution in [0.2, 0.25) is 0 Å². The van der Waals surface area contributed by atoms with Crippen LogP contribution in [0.15, 0.2) is 38.9 Å². The first-order valence-electron chi connectivity index (χ1n) is 7.52. The molecule has 25 heavy (non-hydrogen) atoms. The molecule has 0 radical (unpaired) electrons. The SMILES string of the molecule is COc1ccc(C)cc1[C@H](C)NS(=O)(=O)c1cn(C)c(=O)n(C)c1=O. The summed E-state index contributed by atoms with van der Waals surface area (Å²) in [6.45, 7) is 3.54. The Labute approximate surface area is 145 Å². The Morgan fingerprint density at radius 2 is 1.84 bits per heavy atom. The van der Waals surface area contributed by atoms with Gasteiger partial charge in [-0.25, -0.2) is 17.9 Å². The lowest BCUT2D eigenvalue weighted by atomic mass is 10.1. The zero-order valence-corrected chi connectivity index (χ0v) is 15.5. The lowest BCUT2D eigenvalue weighted by molar-refractivity contribution is 0.405. The normalized spacial score (nSPS) is 12.8. The molecule has 0 saturated heterocycles. The zero-order chi connectivity index (χ0) is 18.9. The second-order valence-electron chi connectivity index (χ2n) is 5.84. The highest BCUT2D eigenvalue weighted by molar-refractivity contribution is 7.89. The van der Waals surface area contributed by atoms with Crippen molar-refractivity contribution >= 4 is 10.0 Å². The maximum absolute atomic E-state index is 12.7. The smallest absolute Gasteiger partial charge is 0.330 e. The third kappa shape index (κ3) is 3.67. The van der Waals surface area contributed by atoms with Gasteiger partial charge in [-0.2, -0.15) is 0 Å². The van der Waals surface area contributed by atoms with E-state index in [1.54, 1.807) is 13.0 Å². The van der Waals surface area contributed by atoms with Crippen LogP contribution in [0.1, 0.15) is 24.1 Å². The minimum Gasteiger partial charge on any atom is -0.496 e. The van der Waals surface area contributed by atoms with Gasteiger partial charge in [0.15, 0.2) is 4.90 Å². The summed E-state index contributed by atoms with van der Waals surface area (Å²) in [6.07, 6.45) is 1.02. The van der Waals surface area contributed by atoms with Gasteiger partial charge in [-0.15, -0.1) is 0 Å². The van der Waals surface area contributed by atoms with E-state index in [9.17, 15) is 18.0 Å². The number of hydrogen-bond donors (Lipinski definition) is 1. The first-order chi connectivity index (χ1) is 11.6. The van der Waals surface area contributed by atoms with Gasteiger partial charge >= 0.3 is 5.69 Å². The molecule has 0 bridgehead atoms. The molecule has 0 amide bonds. The number of sulfonamides is 1. The number of methoxy groups -OCH3 is 1. The number of ether oxygens (including phenoxy) is 1. The summed E-state index contributed by atoms with van der Waals surface area (Å²) in [5.74, 6) is 0.536. The lowest BCUT2D eigenvalue weighted by Gasteiger charge is -2.18. The first-order valence-corrected chi connectivity index (χ1v) is 9.00. The molecule has 0 saturated carbocycles. The van der Waals surface area contributed by atoms with Crippen LogP contribution in [0.25, 0.3) is 0 Å². The standard InChI is InChI=1S/C16H21N3O5S/c1-10-6-7-13(24-5)12(8-10)11(2)17-25(22,23)14-9-18(3)16(21)19(4)15(14)20/h6-9,11,17H,1-5H3/t11-/m0/s1. The topological polar surface area (TPSA) is 99.4 Å². The molecular weight excluding hydrogens is 346 g/mol. The zero-order valence-electron chi connectivity index (χ0n) is 14.7. The Balaban J connectivity index is 2.48. The average molecular weight is 367 g/mol. The van der Waals surface area contributed by atoms with Crippen molar-refractivity contribution in [3.63, 3.8) is 0 Å². The number of nitrogens with zero attached hydrogens (tertiary/aromatic N) is 2. The van der Waals surface area contributed by atoms with E-state index in [1.807, 2.05) is 19.1 Å². The maximum Gasteiger partial charge on any atom is 0.330 e. The van der Waals surface area contributed by atoms with Crippen molar-refractivity contribution in [2.75, 3.05) is 7.11 Å². The molecule has 1 heterocycles. The van der Waals surface area contributed by atoms with Crippen molar-refractivity contribution in [3.8, 4) is 5.75 Å². The molecule has 2 rings (SSSR count). The summed E-state index contributed by atoms with van der Waals surface area (Å²) < 4.78 is 34.9. The van der Waals surface area contributed by atoms with Gasteiger partial charge in [-0.3, -0.25) is 9.36 Å². The second kappa shape index (κ2) is 6.85. The Kier molecular flexibility index (Phi) is 5.19. The molecule has 0 spiro atoms. The number of hydrogen-bond acceptors (Lipinski definition) is 5. The third-order valence-corrected chi connectivity index (χ3v) is 5.41. The van der Waals surface area contributed by atoms with Gasteiger partial charge in [0, 0.05) is 31.9 Å².